The zero-order valence-electron chi connectivity index (χ0n) is 15.9. The standard InChI is InChI=1S/C21H29N5O/c27-21(14-17-7-4-5-10-22-17)23-15-18-13-20-16-25(11-6-12-26(20)24-18)19-8-2-1-3-9-19/h4-5,7,10,13,19H,1-3,6,8-9,11-12,14-16H2,(H,23,27). The van der Waals surface area contributed by atoms with E-state index in [-0.39, 0.29) is 5.91 Å². The van der Waals surface area contributed by atoms with E-state index in [1.165, 1.54) is 44.3 Å². The minimum Gasteiger partial charge on any atom is -0.350 e. The van der Waals surface area contributed by atoms with Crippen molar-refractivity contribution in [2.24, 2.45) is 0 Å². The van der Waals surface area contributed by atoms with Crippen LogP contribution in [-0.4, -0.2) is 38.2 Å². The predicted octanol–water partition coefficient (Wildman–Crippen LogP) is 2.68. The molecule has 2 aromatic rings. The van der Waals surface area contributed by atoms with Crippen molar-refractivity contribution in [3.8, 4) is 0 Å². The number of carbonyl (C=O) groups excluding carboxylic acids is 1. The van der Waals surface area contributed by atoms with Crippen LogP contribution >= 0.6 is 0 Å². The number of pyridine rings is 1. The van der Waals surface area contributed by atoms with E-state index in [0.29, 0.717) is 13.0 Å². The van der Waals surface area contributed by atoms with Gasteiger partial charge in [-0.3, -0.25) is 19.4 Å². The van der Waals surface area contributed by atoms with Gasteiger partial charge in [0, 0.05) is 37.6 Å². The van der Waals surface area contributed by atoms with Crippen LogP contribution in [-0.2, 0) is 30.8 Å². The van der Waals surface area contributed by atoms with Crippen LogP contribution in [0.4, 0.5) is 0 Å². The Bertz CT molecular complexity index is 751. The van der Waals surface area contributed by atoms with Crippen LogP contribution in [0.2, 0.25) is 0 Å². The molecule has 0 unspecified atom stereocenters. The molecule has 0 atom stereocenters. The van der Waals surface area contributed by atoms with Crippen LogP contribution in [0.3, 0.4) is 0 Å². The average molecular weight is 367 g/mol. The lowest BCUT2D eigenvalue weighted by Gasteiger charge is -2.33. The number of aromatic nitrogens is 3. The van der Waals surface area contributed by atoms with E-state index in [1.54, 1.807) is 6.20 Å². The third-order valence-electron chi connectivity index (χ3n) is 5.72. The highest BCUT2D eigenvalue weighted by Crippen LogP contribution is 2.25. The van der Waals surface area contributed by atoms with E-state index in [2.05, 4.69) is 25.9 Å². The number of carbonyl (C=O) groups is 1. The quantitative estimate of drug-likeness (QED) is 0.883. The van der Waals surface area contributed by atoms with Gasteiger partial charge in [0.15, 0.2) is 0 Å². The molecule has 1 N–H and O–H groups in total. The van der Waals surface area contributed by atoms with Gasteiger partial charge in [-0.2, -0.15) is 5.10 Å². The van der Waals surface area contributed by atoms with Crippen molar-refractivity contribution in [1.82, 2.24) is 25.0 Å². The lowest BCUT2D eigenvalue weighted by molar-refractivity contribution is -0.120. The highest BCUT2D eigenvalue weighted by atomic mass is 16.1. The van der Waals surface area contributed by atoms with Crippen LogP contribution in [0.1, 0.15) is 55.6 Å². The van der Waals surface area contributed by atoms with Gasteiger partial charge in [0.1, 0.15) is 0 Å². The number of aryl methyl sites for hydroxylation is 1. The Morgan fingerprint density at radius 2 is 2.00 bits per heavy atom. The normalized spacial score (nSPS) is 18.7. The summed E-state index contributed by atoms with van der Waals surface area (Å²) < 4.78 is 2.14. The molecule has 27 heavy (non-hydrogen) atoms. The number of nitrogens with zero attached hydrogens (tertiary/aromatic N) is 4. The highest BCUT2D eigenvalue weighted by Gasteiger charge is 2.24. The summed E-state index contributed by atoms with van der Waals surface area (Å²) >= 11 is 0. The molecule has 1 amide bonds. The van der Waals surface area contributed by atoms with Crippen molar-refractivity contribution in [3.05, 3.63) is 47.5 Å². The molecule has 3 heterocycles. The topological polar surface area (TPSA) is 63.1 Å². The first-order valence-electron chi connectivity index (χ1n) is 10.2. The predicted molar refractivity (Wildman–Crippen MR) is 104 cm³/mol. The van der Waals surface area contributed by atoms with Crippen molar-refractivity contribution in [2.75, 3.05) is 6.54 Å². The fourth-order valence-corrected chi connectivity index (χ4v) is 4.31. The number of rotatable bonds is 5. The van der Waals surface area contributed by atoms with Crippen LogP contribution in [0, 0.1) is 0 Å². The van der Waals surface area contributed by atoms with Crippen LogP contribution < -0.4 is 5.32 Å². The molecule has 0 bridgehead atoms. The molecule has 2 aromatic heterocycles. The first-order chi connectivity index (χ1) is 13.3. The summed E-state index contributed by atoms with van der Waals surface area (Å²) in [4.78, 5) is 19.0. The molecule has 144 valence electrons. The molecule has 1 saturated carbocycles. The van der Waals surface area contributed by atoms with Crippen molar-refractivity contribution < 1.29 is 4.79 Å². The third-order valence-corrected chi connectivity index (χ3v) is 5.72. The number of amides is 1. The molecule has 0 aromatic carbocycles. The number of hydrogen-bond acceptors (Lipinski definition) is 4. The van der Waals surface area contributed by atoms with E-state index < -0.39 is 0 Å². The largest absolute Gasteiger partial charge is 0.350 e. The summed E-state index contributed by atoms with van der Waals surface area (Å²) in [5, 5.41) is 7.71. The molecule has 1 aliphatic carbocycles. The fraction of sp³-hybridized carbons (Fsp3) is 0.571. The maximum atomic E-state index is 12.1. The first-order valence-corrected chi connectivity index (χ1v) is 10.2. The van der Waals surface area contributed by atoms with E-state index in [4.69, 9.17) is 5.10 Å². The van der Waals surface area contributed by atoms with Crippen molar-refractivity contribution in [3.63, 3.8) is 0 Å². The highest BCUT2D eigenvalue weighted by molar-refractivity contribution is 5.77. The second-order valence-electron chi connectivity index (χ2n) is 7.74. The van der Waals surface area contributed by atoms with E-state index in [0.717, 1.165) is 36.9 Å². The smallest absolute Gasteiger partial charge is 0.226 e. The number of hydrogen-bond donors (Lipinski definition) is 1. The van der Waals surface area contributed by atoms with Crippen LogP contribution in [0.5, 0.6) is 0 Å². The lowest BCUT2D eigenvalue weighted by Crippen LogP contribution is -2.36. The summed E-state index contributed by atoms with van der Waals surface area (Å²) in [6.45, 7) is 3.61. The fourth-order valence-electron chi connectivity index (χ4n) is 4.31. The summed E-state index contributed by atoms with van der Waals surface area (Å²) in [6, 6.07) is 8.54. The van der Waals surface area contributed by atoms with Gasteiger partial charge < -0.3 is 5.32 Å². The van der Waals surface area contributed by atoms with Gasteiger partial charge in [0.2, 0.25) is 5.91 Å². The molecular weight excluding hydrogens is 338 g/mol. The Morgan fingerprint density at radius 1 is 1.11 bits per heavy atom. The van der Waals surface area contributed by atoms with E-state index in [1.807, 2.05) is 18.2 Å². The molecule has 0 radical (unpaired) electrons. The van der Waals surface area contributed by atoms with Gasteiger partial charge in [-0.15, -0.1) is 0 Å². The Kier molecular flexibility index (Phi) is 5.82. The van der Waals surface area contributed by atoms with Gasteiger partial charge in [-0.05, 0) is 37.5 Å². The monoisotopic (exact) mass is 367 g/mol. The molecule has 6 heteroatoms. The first kappa shape index (κ1) is 18.2. The Morgan fingerprint density at radius 3 is 2.81 bits per heavy atom. The van der Waals surface area contributed by atoms with Gasteiger partial charge in [-0.25, -0.2) is 0 Å². The Labute approximate surface area is 161 Å². The van der Waals surface area contributed by atoms with Crippen molar-refractivity contribution in [1.29, 1.82) is 0 Å². The summed E-state index contributed by atoms with van der Waals surface area (Å²) in [5.74, 6) is -0.0132. The summed E-state index contributed by atoms with van der Waals surface area (Å²) in [5.41, 5.74) is 3.02. The zero-order chi connectivity index (χ0) is 18.5. The molecule has 2 aliphatic rings. The second kappa shape index (κ2) is 8.65. The Hall–Kier alpha value is -2.21. The molecule has 6 nitrogen and oxygen atoms in total. The number of nitrogens with one attached hydrogen (secondary N) is 1. The van der Waals surface area contributed by atoms with Gasteiger partial charge >= 0.3 is 0 Å². The summed E-state index contributed by atoms with van der Waals surface area (Å²) in [7, 11) is 0. The minimum atomic E-state index is -0.0132. The average Bonchev–Trinajstić information content (AvgIpc) is 2.98. The van der Waals surface area contributed by atoms with E-state index in [9.17, 15) is 4.79 Å². The second-order valence-corrected chi connectivity index (χ2v) is 7.74. The molecular formula is C21H29N5O. The van der Waals surface area contributed by atoms with Crippen molar-refractivity contribution in [2.45, 2.75) is 70.6 Å². The third kappa shape index (κ3) is 4.75. The Balaban J connectivity index is 1.34. The molecule has 0 spiro atoms. The van der Waals surface area contributed by atoms with Gasteiger partial charge in [-0.1, -0.05) is 25.3 Å². The lowest BCUT2D eigenvalue weighted by atomic mass is 9.94. The summed E-state index contributed by atoms with van der Waals surface area (Å²) in [6.07, 6.45) is 9.98. The zero-order valence-corrected chi connectivity index (χ0v) is 15.9. The SMILES string of the molecule is O=C(Cc1ccccn1)NCc1cc2n(n1)CCCN(C1CCCCC1)C2. The molecule has 1 fully saturated rings. The maximum Gasteiger partial charge on any atom is 0.226 e. The van der Waals surface area contributed by atoms with Crippen LogP contribution in [0.25, 0.3) is 0 Å². The molecule has 0 saturated heterocycles. The molecule has 4 rings (SSSR count). The van der Waals surface area contributed by atoms with Crippen molar-refractivity contribution >= 4 is 5.91 Å². The molecule has 1 aliphatic heterocycles. The van der Waals surface area contributed by atoms with Gasteiger partial charge in [0.25, 0.3) is 0 Å². The minimum absolute atomic E-state index is 0.0132. The van der Waals surface area contributed by atoms with E-state index >= 15 is 0 Å². The van der Waals surface area contributed by atoms with Crippen LogP contribution in [0.15, 0.2) is 30.5 Å². The number of fused-ring (bicyclic) bond motifs is 1. The maximum absolute atomic E-state index is 12.1. The van der Waals surface area contributed by atoms with Gasteiger partial charge in [0.05, 0.1) is 24.4 Å².